The molecule has 9 heteroatoms. The van der Waals surface area contributed by atoms with Crippen LogP contribution in [0.4, 0.5) is 21.0 Å². The molecule has 2 heterocycles. The van der Waals surface area contributed by atoms with Gasteiger partial charge in [0.15, 0.2) is 0 Å². The van der Waals surface area contributed by atoms with Gasteiger partial charge in [-0.1, -0.05) is 6.92 Å². The van der Waals surface area contributed by atoms with Crippen molar-refractivity contribution in [1.82, 2.24) is 10.3 Å². The van der Waals surface area contributed by atoms with Crippen molar-refractivity contribution in [3.63, 3.8) is 0 Å². The summed E-state index contributed by atoms with van der Waals surface area (Å²) in [6.07, 6.45) is 2.18. The summed E-state index contributed by atoms with van der Waals surface area (Å²) in [5.41, 5.74) is 6.48. The average molecular weight is 422 g/mol. The first-order valence-corrected chi connectivity index (χ1v) is 10.2. The largest absolute Gasteiger partial charge is 0.444 e. The summed E-state index contributed by atoms with van der Waals surface area (Å²) in [6, 6.07) is 1.28. The smallest absolute Gasteiger partial charge is 0.412 e. The van der Waals surface area contributed by atoms with Crippen LogP contribution in [0.25, 0.3) is 0 Å². The zero-order valence-electron chi connectivity index (χ0n) is 19.0. The first kappa shape index (κ1) is 23.7. The molecule has 1 aliphatic heterocycles. The van der Waals surface area contributed by atoms with E-state index >= 15 is 0 Å². The molecule has 3 atom stereocenters. The minimum atomic E-state index is -0.610. The standard InChI is InChI=1S/C21H35N5O4/c1-13-11-26(12-15(17(13)22)25-19(28)30-21(5,6)7)16-8-9-23-10-14(16)24-18(27)29-20(2,3)4/h8-10,13,15,17H,11-12,22H2,1-7H3,(H,24,27)(H,25,28)/t13-,15+,17-/m0/s1. The maximum absolute atomic E-state index is 12.3. The number of carbonyl (C=O) groups is 2. The van der Waals surface area contributed by atoms with E-state index < -0.39 is 23.4 Å². The summed E-state index contributed by atoms with van der Waals surface area (Å²) in [7, 11) is 0. The molecular weight excluding hydrogens is 386 g/mol. The SMILES string of the molecule is C[C@H]1CN(c2ccncc2NC(=O)OC(C)(C)C)C[C@@H](NC(=O)OC(C)(C)C)[C@H]1N. The summed E-state index contributed by atoms with van der Waals surface area (Å²) < 4.78 is 10.7. The molecule has 1 aromatic heterocycles. The third kappa shape index (κ3) is 7.05. The summed E-state index contributed by atoms with van der Waals surface area (Å²) in [6.45, 7) is 14.0. The summed E-state index contributed by atoms with van der Waals surface area (Å²) in [4.78, 5) is 30.7. The lowest BCUT2D eigenvalue weighted by molar-refractivity contribution is 0.0486. The van der Waals surface area contributed by atoms with Crippen molar-refractivity contribution < 1.29 is 19.1 Å². The Hall–Kier alpha value is -2.55. The maximum atomic E-state index is 12.3. The van der Waals surface area contributed by atoms with Crippen LogP contribution in [-0.4, -0.2) is 53.5 Å². The number of carbonyl (C=O) groups excluding carboxylic acids is 2. The normalized spacial score (nSPS) is 22.3. The molecule has 0 aliphatic carbocycles. The number of amides is 2. The molecule has 168 valence electrons. The van der Waals surface area contributed by atoms with Crippen LogP contribution in [0.2, 0.25) is 0 Å². The van der Waals surface area contributed by atoms with Gasteiger partial charge < -0.3 is 25.4 Å². The van der Waals surface area contributed by atoms with Crippen LogP contribution in [0.5, 0.6) is 0 Å². The van der Waals surface area contributed by atoms with Gasteiger partial charge in [-0.05, 0) is 53.5 Å². The van der Waals surface area contributed by atoms with Crippen molar-refractivity contribution in [2.75, 3.05) is 23.3 Å². The second kappa shape index (κ2) is 9.07. The maximum Gasteiger partial charge on any atom is 0.412 e. The van der Waals surface area contributed by atoms with E-state index in [2.05, 4.69) is 20.5 Å². The van der Waals surface area contributed by atoms with Gasteiger partial charge in [0, 0.05) is 25.3 Å². The first-order valence-electron chi connectivity index (χ1n) is 10.2. The van der Waals surface area contributed by atoms with Gasteiger partial charge in [-0.3, -0.25) is 10.3 Å². The molecule has 2 amide bonds. The van der Waals surface area contributed by atoms with E-state index in [1.165, 1.54) is 0 Å². The molecule has 1 saturated heterocycles. The molecule has 1 aromatic rings. The number of ether oxygens (including phenoxy) is 2. The van der Waals surface area contributed by atoms with Crippen LogP contribution in [0.3, 0.4) is 0 Å². The number of nitrogens with zero attached hydrogens (tertiary/aromatic N) is 2. The monoisotopic (exact) mass is 421 g/mol. The van der Waals surface area contributed by atoms with E-state index in [0.717, 1.165) is 5.69 Å². The van der Waals surface area contributed by atoms with Gasteiger partial charge in [-0.25, -0.2) is 9.59 Å². The topological polar surface area (TPSA) is 119 Å². The number of nitrogens with two attached hydrogens (primary N) is 1. The lowest BCUT2D eigenvalue weighted by Crippen LogP contribution is -2.62. The number of aromatic nitrogens is 1. The molecule has 1 fully saturated rings. The number of anilines is 2. The van der Waals surface area contributed by atoms with Crippen LogP contribution in [-0.2, 0) is 9.47 Å². The highest BCUT2D eigenvalue weighted by Crippen LogP contribution is 2.29. The van der Waals surface area contributed by atoms with Gasteiger partial charge in [0.2, 0.25) is 0 Å². The molecule has 1 aliphatic rings. The van der Waals surface area contributed by atoms with E-state index in [-0.39, 0.29) is 18.0 Å². The summed E-state index contributed by atoms with van der Waals surface area (Å²) >= 11 is 0. The summed E-state index contributed by atoms with van der Waals surface area (Å²) in [5, 5.41) is 5.66. The minimum Gasteiger partial charge on any atom is -0.444 e. The Balaban J connectivity index is 2.17. The molecular formula is C21H35N5O4. The molecule has 0 unspecified atom stereocenters. The highest BCUT2D eigenvalue weighted by atomic mass is 16.6. The van der Waals surface area contributed by atoms with Crippen molar-refractivity contribution in [3.05, 3.63) is 18.5 Å². The number of hydrogen-bond acceptors (Lipinski definition) is 7. The quantitative estimate of drug-likeness (QED) is 0.686. The van der Waals surface area contributed by atoms with Gasteiger partial charge >= 0.3 is 12.2 Å². The minimum absolute atomic E-state index is 0.0984. The molecule has 0 spiro atoms. The lowest BCUT2D eigenvalue weighted by Gasteiger charge is -2.42. The van der Waals surface area contributed by atoms with Gasteiger partial charge in [0.1, 0.15) is 11.2 Å². The highest BCUT2D eigenvalue weighted by molar-refractivity contribution is 5.89. The molecule has 30 heavy (non-hydrogen) atoms. The first-order chi connectivity index (χ1) is 13.7. The van der Waals surface area contributed by atoms with Gasteiger partial charge in [0.25, 0.3) is 0 Å². The fourth-order valence-corrected chi connectivity index (χ4v) is 3.27. The molecule has 9 nitrogen and oxygen atoms in total. The number of pyridine rings is 1. The fraction of sp³-hybridized carbons (Fsp3) is 0.667. The van der Waals surface area contributed by atoms with E-state index in [0.29, 0.717) is 18.8 Å². The van der Waals surface area contributed by atoms with E-state index in [1.807, 2.05) is 33.8 Å². The Bertz CT molecular complexity index is 756. The van der Waals surface area contributed by atoms with Crippen LogP contribution >= 0.6 is 0 Å². The van der Waals surface area contributed by atoms with E-state index in [9.17, 15) is 9.59 Å². The Morgan fingerprint density at radius 3 is 2.30 bits per heavy atom. The summed E-state index contributed by atoms with van der Waals surface area (Å²) in [5.74, 6) is 0.0984. The van der Waals surface area contributed by atoms with Crippen LogP contribution in [0.1, 0.15) is 48.5 Å². The van der Waals surface area contributed by atoms with Crippen molar-refractivity contribution >= 4 is 23.6 Å². The number of nitrogens with one attached hydrogen (secondary N) is 2. The number of rotatable bonds is 3. The Morgan fingerprint density at radius 2 is 1.70 bits per heavy atom. The van der Waals surface area contributed by atoms with Crippen molar-refractivity contribution in [1.29, 1.82) is 0 Å². The predicted octanol–water partition coefficient (Wildman–Crippen LogP) is 3.11. The average Bonchev–Trinajstić information content (AvgIpc) is 2.55. The number of alkyl carbamates (subject to hydrolysis) is 1. The van der Waals surface area contributed by atoms with Crippen LogP contribution in [0, 0.1) is 5.92 Å². The van der Waals surface area contributed by atoms with E-state index in [4.69, 9.17) is 15.2 Å². The third-order valence-electron chi connectivity index (χ3n) is 4.52. The molecule has 0 bridgehead atoms. The number of hydrogen-bond donors (Lipinski definition) is 3. The molecule has 0 aromatic carbocycles. The van der Waals surface area contributed by atoms with Gasteiger partial charge in [-0.2, -0.15) is 0 Å². The van der Waals surface area contributed by atoms with Gasteiger partial charge in [0.05, 0.1) is 23.6 Å². The second-order valence-electron chi connectivity index (χ2n) is 9.73. The van der Waals surface area contributed by atoms with Crippen molar-refractivity contribution in [2.45, 2.75) is 71.8 Å². The fourth-order valence-electron chi connectivity index (χ4n) is 3.27. The van der Waals surface area contributed by atoms with Crippen LogP contribution in [0.15, 0.2) is 18.5 Å². The Kier molecular flexibility index (Phi) is 7.18. The van der Waals surface area contributed by atoms with E-state index in [1.54, 1.807) is 33.2 Å². The van der Waals surface area contributed by atoms with Crippen LogP contribution < -0.4 is 21.3 Å². The lowest BCUT2D eigenvalue weighted by atomic mass is 9.90. The molecule has 4 N–H and O–H groups in total. The molecule has 0 radical (unpaired) electrons. The third-order valence-corrected chi connectivity index (χ3v) is 4.52. The predicted molar refractivity (Wildman–Crippen MR) is 117 cm³/mol. The molecule has 2 rings (SSSR count). The van der Waals surface area contributed by atoms with Gasteiger partial charge in [-0.15, -0.1) is 0 Å². The highest BCUT2D eigenvalue weighted by Gasteiger charge is 2.35. The Labute approximate surface area is 178 Å². The van der Waals surface area contributed by atoms with Crippen molar-refractivity contribution in [3.8, 4) is 0 Å². The van der Waals surface area contributed by atoms with Crippen molar-refractivity contribution in [2.24, 2.45) is 11.7 Å². The molecule has 0 saturated carbocycles. The second-order valence-corrected chi connectivity index (χ2v) is 9.73. The zero-order valence-corrected chi connectivity index (χ0v) is 19.0. The Morgan fingerprint density at radius 1 is 1.10 bits per heavy atom. The zero-order chi connectivity index (χ0) is 22.7. The number of piperidine rings is 1.